The molecule has 1 saturated heterocycles. The number of likely N-dealkylation sites (N-methyl/N-ethyl adjacent to an activating group) is 1. The van der Waals surface area contributed by atoms with Crippen LogP contribution >= 0.6 is 0 Å². The van der Waals surface area contributed by atoms with E-state index in [4.69, 9.17) is 0 Å². The first-order chi connectivity index (χ1) is 11.4. The zero-order valence-corrected chi connectivity index (χ0v) is 15.3. The second kappa shape index (κ2) is 8.60. The maximum atomic E-state index is 12.1. The molecule has 1 fully saturated rings. The number of hydrogen-bond acceptors (Lipinski definition) is 4. The molecule has 24 heavy (non-hydrogen) atoms. The summed E-state index contributed by atoms with van der Waals surface area (Å²) in [6.45, 7) is 2.81. The second-order valence-corrected chi connectivity index (χ2v) is 8.51. The first-order valence-corrected chi connectivity index (χ1v) is 10.2. The monoisotopic (exact) mass is 353 g/mol. The lowest BCUT2D eigenvalue weighted by Crippen LogP contribution is -2.43. The van der Waals surface area contributed by atoms with Crippen molar-refractivity contribution in [3.05, 3.63) is 35.9 Å². The molecule has 134 valence electrons. The van der Waals surface area contributed by atoms with Crippen molar-refractivity contribution in [2.24, 2.45) is 0 Å². The molecular formula is C17H27N3O3S. The Hall–Kier alpha value is -1.44. The van der Waals surface area contributed by atoms with E-state index < -0.39 is 10.0 Å². The number of amides is 1. The lowest BCUT2D eigenvalue weighted by Gasteiger charge is -2.32. The molecule has 6 nitrogen and oxygen atoms in total. The van der Waals surface area contributed by atoms with Crippen molar-refractivity contribution >= 4 is 15.9 Å². The highest BCUT2D eigenvalue weighted by molar-refractivity contribution is 7.88. The predicted molar refractivity (Wildman–Crippen MR) is 95.3 cm³/mol. The van der Waals surface area contributed by atoms with Crippen LogP contribution in [0.1, 0.15) is 24.3 Å². The third-order valence-corrected chi connectivity index (χ3v) is 5.77. The molecule has 1 heterocycles. The highest BCUT2D eigenvalue weighted by Gasteiger charge is 2.22. The third-order valence-electron chi connectivity index (χ3n) is 4.46. The van der Waals surface area contributed by atoms with Crippen LogP contribution in [0.25, 0.3) is 0 Å². The van der Waals surface area contributed by atoms with Crippen LogP contribution < -0.4 is 5.32 Å². The van der Waals surface area contributed by atoms with Crippen LogP contribution in [-0.2, 0) is 14.8 Å². The number of carbonyl (C=O) groups is 1. The number of rotatable bonds is 7. The van der Waals surface area contributed by atoms with Crippen molar-refractivity contribution in [2.75, 3.05) is 46.0 Å². The van der Waals surface area contributed by atoms with E-state index in [0.29, 0.717) is 19.0 Å². The highest BCUT2D eigenvalue weighted by Crippen LogP contribution is 2.26. The summed E-state index contributed by atoms with van der Waals surface area (Å²) in [6.07, 6.45) is 3.40. The molecule has 1 amide bonds. The Morgan fingerprint density at radius 3 is 2.71 bits per heavy atom. The van der Waals surface area contributed by atoms with Crippen molar-refractivity contribution in [1.82, 2.24) is 14.5 Å². The van der Waals surface area contributed by atoms with Gasteiger partial charge in [-0.25, -0.2) is 12.7 Å². The Bertz CT molecular complexity index is 634. The number of carbonyl (C=O) groups excluding carboxylic acids is 1. The van der Waals surface area contributed by atoms with Gasteiger partial charge in [-0.05, 0) is 30.9 Å². The van der Waals surface area contributed by atoms with E-state index in [1.54, 1.807) is 0 Å². The van der Waals surface area contributed by atoms with Gasteiger partial charge in [0.2, 0.25) is 15.9 Å². The number of likely N-dealkylation sites (tertiary alicyclic amines) is 1. The second-order valence-electron chi connectivity index (χ2n) is 6.42. The fourth-order valence-electron chi connectivity index (χ4n) is 2.97. The number of hydrogen-bond donors (Lipinski definition) is 1. The van der Waals surface area contributed by atoms with Crippen LogP contribution in [0.2, 0.25) is 0 Å². The summed E-state index contributed by atoms with van der Waals surface area (Å²) in [6, 6.07) is 10.4. The van der Waals surface area contributed by atoms with Crippen molar-refractivity contribution in [2.45, 2.75) is 18.8 Å². The van der Waals surface area contributed by atoms with Gasteiger partial charge in [0.25, 0.3) is 0 Å². The van der Waals surface area contributed by atoms with Gasteiger partial charge in [0.15, 0.2) is 0 Å². The quantitative estimate of drug-likeness (QED) is 0.790. The zero-order valence-electron chi connectivity index (χ0n) is 14.4. The summed E-state index contributed by atoms with van der Waals surface area (Å²) >= 11 is 0. The molecule has 1 aromatic carbocycles. The van der Waals surface area contributed by atoms with Crippen molar-refractivity contribution in [3.8, 4) is 0 Å². The summed E-state index contributed by atoms with van der Waals surface area (Å²) in [5.74, 6) is 0.426. The van der Waals surface area contributed by atoms with Gasteiger partial charge >= 0.3 is 0 Å². The van der Waals surface area contributed by atoms with Crippen LogP contribution in [0.15, 0.2) is 30.3 Å². The van der Waals surface area contributed by atoms with Gasteiger partial charge in [0.05, 0.1) is 12.8 Å². The number of sulfonamides is 1. The van der Waals surface area contributed by atoms with Gasteiger partial charge < -0.3 is 5.32 Å². The average molecular weight is 353 g/mol. The number of nitrogens with one attached hydrogen (secondary N) is 1. The first-order valence-electron chi connectivity index (χ1n) is 8.31. The van der Waals surface area contributed by atoms with Crippen LogP contribution in [0.4, 0.5) is 0 Å². The maximum absolute atomic E-state index is 12.1. The Kier molecular flexibility index (Phi) is 6.77. The summed E-state index contributed by atoms with van der Waals surface area (Å²) in [7, 11) is -1.68. The lowest BCUT2D eigenvalue weighted by atomic mass is 9.91. The largest absolute Gasteiger partial charge is 0.354 e. The molecule has 0 unspecified atom stereocenters. The molecule has 0 aliphatic carbocycles. The van der Waals surface area contributed by atoms with E-state index in [1.807, 2.05) is 6.07 Å². The van der Waals surface area contributed by atoms with Gasteiger partial charge in [-0.1, -0.05) is 30.3 Å². The molecular weight excluding hydrogens is 326 g/mol. The molecule has 0 spiro atoms. The maximum Gasteiger partial charge on any atom is 0.234 e. The van der Waals surface area contributed by atoms with Crippen molar-refractivity contribution in [1.29, 1.82) is 0 Å². The first kappa shape index (κ1) is 18.9. The van der Waals surface area contributed by atoms with Gasteiger partial charge in [-0.15, -0.1) is 0 Å². The summed E-state index contributed by atoms with van der Waals surface area (Å²) < 4.78 is 23.8. The standard InChI is InChI=1S/C17H27N3O3S/c1-19(24(2,22)23)12-10-18-17(21)14-20-11-6-9-16(13-20)15-7-4-3-5-8-15/h3-5,7-8,16H,6,9-14H2,1-2H3,(H,18,21)/t16-/m0/s1. The molecule has 0 bridgehead atoms. The normalized spacial score (nSPS) is 19.4. The van der Waals surface area contributed by atoms with Gasteiger partial charge in [-0.2, -0.15) is 0 Å². The molecule has 0 radical (unpaired) electrons. The minimum Gasteiger partial charge on any atom is -0.354 e. The summed E-state index contributed by atoms with van der Waals surface area (Å²) in [4.78, 5) is 14.2. The van der Waals surface area contributed by atoms with Gasteiger partial charge in [0, 0.05) is 26.7 Å². The van der Waals surface area contributed by atoms with E-state index in [0.717, 1.165) is 32.2 Å². The van der Waals surface area contributed by atoms with E-state index in [-0.39, 0.29) is 12.5 Å². The molecule has 0 saturated carbocycles. The van der Waals surface area contributed by atoms with Crippen molar-refractivity contribution in [3.63, 3.8) is 0 Å². The van der Waals surface area contributed by atoms with Crippen LogP contribution in [-0.4, -0.2) is 69.6 Å². The topological polar surface area (TPSA) is 69.7 Å². The van der Waals surface area contributed by atoms with E-state index in [2.05, 4.69) is 34.5 Å². The molecule has 2 rings (SSSR count). The van der Waals surface area contributed by atoms with Gasteiger partial charge in [0.1, 0.15) is 0 Å². The molecule has 7 heteroatoms. The van der Waals surface area contributed by atoms with E-state index in [9.17, 15) is 13.2 Å². The fourth-order valence-corrected chi connectivity index (χ4v) is 3.40. The molecule has 1 atom stereocenters. The number of piperidine rings is 1. The minimum atomic E-state index is -3.19. The number of benzene rings is 1. The Morgan fingerprint density at radius 2 is 2.04 bits per heavy atom. The van der Waals surface area contributed by atoms with Gasteiger partial charge in [-0.3, -0.25) is 9.69 Å². The Balaban J connectivity index is 1.75. The molecule has 0 aromatic heterocycles. The predicted octanol–water partition coefficient (Wildman–Crippen LogP) is 0.874. The summed E-state index contributed by atoms with van der Waals surface area (Å²) in [5.41, 5.74) is 1.33. The average Bonchev–Trinajstić information content (AvgIpc) is 2.55. The molecule has 1 N–H and O–H groups in total. The zero-order chi connectivity index (χ0) is 17.6. The highest BCUT2D eigenvalue weighted by atomic mass is 32.2. The molecule has 1 aromatic rings. The minimum absolute atomic E-state index is 0.0504. The van der Waals surface area contributed by atoms with Crippen LogP contribution in [0.5, 0.6) is 0 Å². The van der Waals surface area contributed by atoms with Crippen LogP contribution in [0.3, 0.4) is 0 Å². The lowest BCUT2D eigenvalue weighted by molar-refractivity contribution is -0.122. The van der Waals surface area contributed by atoms with Crippen LogP contribution in [0, 0.1) is 0 Å². The number of nitrogens with zero attached hydrogens (tertiary/aromatic N) is 2. The smallest absolute Gasteiger partial charge is 0.234 e. The van der Waals surface area contributed by atoms with Crippen molar-refractivity contribution < 1.29 is 13.2 Å². The fraction of sp³-hybridized carbons (Fsp3) is 0.588. The molecule has 1 aliphatic heterocycles. The van der Waals surface area contributed by atoms with E-state index >= 15 is 0 Å². The molecule has 1 aliphatic rings. The Labute approximate surface area is 144 Å². The SMILES string of the molecule is CN(CCNC(=O)CN1CCC[C@H](c2ccccc2)C1)S(C)(=O)=O. The summed E-state index contributed by atoms with van der Waals surface area (Å²) in [5, 5.41) is 2.80. The van der Waals surface area contributed by atoms with E-state index in [1.165, 1.54) is 16.9 Å². The third kappa shape index (κ3) is 5.89. The Morgan fingerprint density at radius 1 is 1.33 bits per heavy atom.